The predicted molar refractivity (Wildman–Crippen MR) is 29.2 cm³/mol. The van der Waals surface area contributed by atoms with Gasteiger partial charge in [0.2, 0.25) is 0 Å². The zero-order valence-corrected chi connectivity index (χ0v) is 7.79. The van der Waals surface area contributed by atoms with Crippen molar-refractivity contribution in [1.29, 1.82) is 0 Å². The van der Waals surface area contributed by atoms with Gasteiger partial charge in [-0.2, -0.15) is 0 Å². The monoisotopic (exact) mass is 343 g/mol. The van der Waals surface area contributed by atoms with Crippen molar-refractivity contribution in [2.75, 3.05) is 0 Å². The third-order valence-corrected chi connectivity index (χ3v) is 0.355. The Bertz CT molecular complexity index is 131. The van der Waals surface area contributed by atoms with Crippen molar-refractivity contribution < 1.29 is 40.9 Å². The normalized spacial score (nSPS) is 6.91. The average Bonchev–Trinajstić information content (AvgIpc) is 1.61. The van der Waals surface area contributed by atoms with Crippen LogP contribution in [0.4, 0.5) is 0 Å². The molecule has 6 N–H and O–H groups in total. The SMILES string of the molecule is N.N.O=C([O-])/C=C\C(=O)[O-].[Pt]. The van der Waals surface area contributed by atoms with Crippen LogP contribution in [-0.4, -0.2) is 11.9 Å². The molecule has 0 aliphatic heterocycles. The van der Waals surface area contributed by atoms with Crippen LogP contribution in [0.1, 0.15) is 0 Å². The average molecular weight is 343 g/mol. The molecular weight excluding hydrogens is 335 g/mol. The van der Waals surface area contributed by atoms with Gasteiger partial charge in [-0.15, -0.1) is 0 Å². The van der Waals surface area contributed by atoms with E-state index in [2.05, 4.69) is 0 Å². The fraction of sp³-hybridized carbons (Fsp3) is 0. The molecule has 7 heteroatoms. The molecule has 6 nitrogen and oxygen atoms in total. The van der Waals surface area contributed by atoms with E-state index in [0.29, 0.717) is 12.2 Å². The van der Waals surface area contributed by atoms with E-state index in [1.165, 1.54) is 0 Å². The van der Waals surface area contributed by atoms with Gasteiger partial charge in [-0.3, -0.25) is 0 Å². The summed E-state index contributed by atoms with van der Waals surface area (Å²) in [5.74, 6) is -3.09. The third kappa shape index (κ3) is 26.8. The van der Waals surface area contributed by atoms with E-state index in [0.717, 1.165) is 0 Å². The van der Waals surface area contributed by atoms with E-state index >= 15 is 0 Å². The molecule has 0 aromatic carbocycles. The Kier molecular flexibility index (Phi) is 24.5. The summed E-state index contributed by atoms with van der Waals surface area (Å²) < 4.78 is 0. The van der Waals surface area contributed by atoms with Gasteiger partial charge in [-0.25, -0.2) is 0 Å². The van der Waals surface area contributed by atoms with Gasteiger partial charge in [0.15, 0.2) is 0 Å². The second kappa shape index (κ2) is 12.0. The summed E-state index contributed by atoms with van der Waals surface area (Å²) in [6.45, 7) is 0. The summed E-state index contributed by atoms with van der Waals surface area (Å²) >= 11 is 0. The van der Waals surface area contributed by atoms with Crippen LogP contribution in [-0.2, 0) is 30.7 Å². The van der Waals surface area contributed by atoms with E-state index in [-0.39, 0.29) is 33.4 Å². The number of hydrogen-bond acceptors (Lipinski definition) is 6. The number of carbonyl (C=O) groups is 2. The first kappa shape index (κ1) is 22.4. The maximum absolute atomic E-state index is 9.41. The fourth-order valence-electron chi connectivity index (χ4n) is 0.136. The van der Waals surface area contributed by atoms with Gasteiger partial charge >= 0.3 is 0 Å². The Hall–Kier alpha value is -0.712. The summed E-state index contributed by atoms with van der Waals surface area (Å²) in [4.78, 5) is 18.8. The van der Waals surface area contributed by atoms with Crippen molar-refractivity contribution in [3.05, 3.63) is 12.2 Å². The van der Waals surface area contributed by atoms with Crippen molar-refractivity contribution in [2.45, 2.75) is 0 Å². The molecule has 0 heterocycles. The second-order valence-corrected chi connectivity index (χ2v) is 0.971. The summed E-state index contributed by atoms with van der Waals surface area (Å²) in [6.07, 6.45) is 0.769. The smallest absolute Gasteiger partial charge is 0.0643 e. The number of carboxylic acids is 2. The van der Waals surface area contributed by atoms with Crippen molar-refractivity contribution in [3.8, 4) is 0 Å². The second-order valence-electron chi connectivity index (χ2n) is 0.971. The topological polar surface area (TPSA) is 150 Å². The van der Waals surface area contributed by atoms with E-state index < -0.39 is 11.9 Å². The molecule has 0 radical (unpaired) electrons. The molecule has 70 valence electrons. The molecule has 0 fully saturated rings. The van der Waals surface area contributed by atoms with E-state index in [1.54, 1.807) is 0 Å². The van der Waals surface area contributed by atoms with Crippen LogP contribution in [0.3, 0.4) is 0 Å². The maximum atomic E-state index is 9.41. The van der Waals surface area contributed by atoms with Crippen LogP contribution in [0.2, 0.25) is 0 Å². The minimum atomic E-state index is -1.55. The third-order valence-electron chi connectivity index (χ3n) is 0.355. The molecule has 0 rings (SSSR count). The zero-order valence-electron chi connectivity index (χ0n) is 5.52. The molecule has 0 aliphatic rings. The first-order chi connectivity index (χ1) is 3.63. The van der Waals surface area contributed by atoms with Crippen molar-refractivity contribution >= 4 is 11.9 Å². The van der Waals surface area contributed by atoms with Crippen molar-refractivity contribution in [2.24, 2.45) is 0 Å². The van der Waals surface area contributed by atoms with Crippen LogP contribution in [0.15, 0.2) is 12.2 Å². The number of hydrogen-bond donors (Lipinski definition) is 2. The fourth-order valence-corrected chi connectivity index (χ4v) is 0.136. The summed E-state index contributed by atoms with van der Waals surface area (Å²) in [5, 5.41) is 18.8. The number of rotatable bonds is 2. The summed E-state index contributed by atoms with van der Waals surface area (Å²) in [6, 6.07) is 0. The largest absolute Gasteiger partial charge is 0.545 e. The number of carboxylic acid groups (broad SMARTS) is 2. The molecule has 0 aromatic heterocycles. The molecule has 0 bridgehead atoms. The van der Waals surface area contributed by atoms with Crippen LogP contribution in [0, 0.1) is 0 Å². The molecule has 0 saturated carbocycles. The number of carbonyl (C=O) groups excluding carboxylic acids is 2. The minimum absolute atomic E-state index is 0. The molecule has 0 aromatic rings. The maximum Gasteiger partial charge on any atom is 0.0643 e. The first-order valence-corrected chi connectivity index (χ1v) is 1.73. The van der Waals surface area contributed by atoms with E-state index in [4.69, 9.17) is 0 Å². The summed E-state index contributed by atoms with van der Waals surface area (Å²) in [7, 11) is 0. The molecule has 0 atom stereocenters. The first-order valence-electron chi connectivity index (χ1n) is 1.73. The minimum Gasteiger partial charge on any atom is -0.545 e. The number of aliphatic carboxylic acids is 2. The van der Waals surface area contributed by atoms with Crippen LogP contribution in [0.25, 0.3) is 0 Å². The van der Waals surface area contributed by atoms with E-state index in [9.17, 15) is 19.8 Å². The van der Waals surface area contributed by atoms with Crippen LogP contribution >= 0.6 is 0 Å². The Morgan fingerprint density at radius 1 is 0.909 bits per heavy atom. The van der Waals surface area contributed by atoms with E-state index in [1.807, 2.05) is 0 Å². The molecule has 0 saturated heterocycles. The predicted octanol–water partition coefficient (Wildman–Crippen LogP) is -2.64. The van der Waals surface area contributed by atoms with Gasteiger partial charge in [0, 0.05) is 21.1 Å². The van der Waals surface area contributed by atoms with Crippen LogP contribution in [0.5, 0.6) is 0 Å². The standard InChI is InChI=1S/C4H4O4.2H3N.Pt/c5-3(6)1-2-4(7)8;;;/h1-2H,(H,5,6)(H,7,8);2*1H3;/p-2/b2-1-;;;. The van der Waals surface area contributed by atoms with Gasteiger partial charge in [-0.05, 0) is 12.2 Å². The Labute approximate surface area is 77.7 Å². The van der Waals surface area contributed by atoms with Crippen LogP contribution < -0.4 is 22.5 Å². The Balaban J connectivity index is -0.0000000817. The zero-order chi connectivity index (χ0) is 6.57. The van der Waals surface area contributed by atoms with Gasteiger partial charge in [0.1, 0.15) is 0 Å². The molecule has 11 heavy (non-hydrogen) atoms. The van der Waals surface area contributed by atoms with Gasteiger partial charge in [0.05, 0.1) is 11.9 Å². The molecule has 0 amide bonds. The van der Waals surface area contributed by atoms with Gasteiger partial charge < -0.3 is 32.1 Å². The molecule has 0 spiro atoms. The Morgan fingerprint density at radius 3 is 1.18 bits per heavy atom. The van der Waals surface area contributed by atoms with Crippen molar-refractivity contribution in [3.63, 3.8) is 0 Å². The van der Waals surface area contributed by atoms with Gasteiger partial charge in [-0.1, -0.05) is 0 Å². The van der Waals surface area contributed by atoms with Gasteiger partial charge in [0.25, 0.3) is 0 Å². The molecule has 0 unspecified atom stereocenters. The summed E-state index contributed by atoms with van der Waals surface area (Å²) in [5.41, 5.74) is 0. The molecule has 0 aliphatic carbocycles. The van der Waals surface area contributed by atoms with Crippen molar-refractivity contribution in [1.82, 2.24) is 12.3 Å². The Morgan fingerprint density at radius 2 is 1.09 bits per heavy atom. The molecular formula is C4H8N2O4Pt-2. The quantitative estimate of drug-likeness (QED) is 0.523.